The fourth-order valence-corrected chi connectivity index (χ4v) is 3.38. The highest BCUT2D eigenvalue weighted by molar-refractivity contribution is 6.74. The molecule has 0 amide bonds. The standard InChI is InChI=1S/C18H34O2Si/c1-14(2)16(12-11-15-9-8-10-17(15)19)13-20-21(6,7)18(3,4)5/h11,14,16H,8-10,12-13H2,1-7H3/b15-11-. The van der Waals surface area contributed by atoms with E-state index in [2.05, 4.69) is 53.8 Å². The monoisotopic (exact) mass is 310 g/mol. The highest BCUT2D eigenvalue weighted by Gasteiger charge is 2.37. The van der Waals surface area contributed by atoms with Crippen LogP contribution in [0.2, 0.25) is 18.1 Å². The number of Topliss-reactive ketones (excluding diaryl/α,β-unsaturated/α-hetero) is 1. The maximum atomic E-state index is 11.7. The Morgan fingerprint density at radius 3 is 2.29 bits per heavy atom. The average molecular weight is 311 g/mol. The van der Waals surface area contributed by atoms with Crippen LogP contribution in [0.5, 0.6) is 0 Å². The van der Waals surface area contributed by atoms with Crippen LogP contribution >= 0.6 is 0 Å². The molecule has 0 saturated heterocycles. The molecule has 2 nitrogen and oxygen atoms in total. The van der Waals surface area contributed by atoms with E-state index in [4.69, 9.17) is 4.43 Å². The molecular formula is C18H34O2Si. The van der Waals surface area contributed by atoms with Crippen molar-refractivity contribution >= 4 is 14.1 Å². The van der Waals surface area contributed by atoms with Crippen molar-refractivity contribution in [3.8, 4) is 0 Å². The van der Waals surface area contributed by atoms with Crippen molar-refractivity contribution in [1.29, 1.82) is 0 Å². The third-order valence-electron chi connectivity index (χ3n) is 5.28. The van der Waals surface area contributed by atoms with E-state index >= 15 is 0 Å². The van der Waals surface area contributed by atoms with E-state index in [1.807, 2.05) is 0 Å². The minimum atomic E-state index is -1.68. The molecule has 0 spiro atoms. The lowest BCUT2D eigenvalue weighted by atomic mass is 9.92. The van der Waals surface area contributed by atoms with Crippen LogP contribution in [0, 0.1) is 11.8 Å². The molecule has 0 heterocycles. The molecule has 1 aliphatic rings. The summed E-state index contributed by atoms with van der Waals surface area (Å²) in [5.74, 6) is 1.46. The molecule has 0 aromatic rings. The van der Waals surface area contributed by atoms with Gasteiger partial charge in [0.2, 0.25) is 0 Å². The lowest BCUT2D eigenvalue weighted by Crippen LogP contribution is -2.42. The minimum Gasteiger partial charge on any atom is -0.417 e. The van der Waals surface area contributed by atoms with E-state index in [1.54, 1.807) is 0 Å². The molecule has 3 heteroatoms. The van der Waals surface area contributed by atoms with Crippen LogP contribution in [0.4, 0.5) is 0 Å². The SMILES string of the molecule is CC(C)C(C/C=C1/CCCC1=O)CO[Si](C)(C)C(C)(C)C. The van der Waals surface area contributed by atoms with Crippen LogP contribution in [0.25, 0.3) is 0 Å². The Kier molecular flexibility index (Phi) is 6.42. The number of ketones is 1. The average Bonchev–Trinajstić information content (AvgIpc) is 2.73. The van der Waals surface area contributed by atoms with Gasteiger partial charge in [-0.25, -0.2) is 0 Å². The zero-order valence-electron chi connectivity index (χ0n) is 15.1. The summed E-state index contributed by atoms with van der Waals surface area (Å²) >= 11 is 0. The van der Waals surface area contributed by atoms with Gasteiger partial charge >= 0.3 is 0 Å². The smallest absolute Gasteiger partial charge is 0.191 e. The molecule has 1 rings (SSSR count). The quantitative estimate of drug-likeness (QED) is 0.488. The zero-order chi connectivity index (χ0) is 16.3. The summed E-state index contributed by atoms with van der Waals surface area (Å²) in [6.45, 7) is 16.8. The van der Waals surface area contributed by atoms with Crippen molar-refractivity contribution in [2.45, 2.75) is 78.4 Å². The van der Waals surface area contributed by atoms with Crippen LogP contribution in [-0.4, -0.2) is 20.7 Å². The molecule has 0 aromatic carbocycles. The van der Waals surface area contributed by atoms with Crippen molar-refractivity contribution in [1.82, 2.24) is 0 Å². The maximum absolute atomic E-state index is 11.7. The molecule has 0 bridgehead atoms. The second-order valence-corrected chi connectivity index (χ2v) is 13.1. The second kappa shape index (κ2) is 7.23. The molecule has 1 fully saturated rings. The second-order valence-electron chi connectivity index (χ2n) is 8.32. The first kappa shape index (κ1) is 18.6. The molecule has 122 valence electrons. The number of rotatable bonds is 6. The summed E-state index contributed by atoms with van der Waals surface area (Å²) in [5, 5.41) is 0.258. The van der Waals surface area contributed by atoms with E-state index in [1.165, 1.54) is 0 Å². The first-order valence-electron chi connectivity index (χ1n) is 8.41. The summed E-state index contributed by atoms with van der Waals surface area (Å²) < 4.78 is 6.38. The molecule has 1 aliphatic carbocycles. The Hall–Kier alpha value is -0.413. The summed E-state index contributed by atoms with van der Waals surface area (Å²) in [4.78, 5) is 11.7. The van der Waals surface area contributed by atoms with Gasteiger partial charge in [-0.05, 0) is 54.8 Å². The molecule has 0 aromatic heterocycles. The third kappa shape index (κ3) is 5.37. The lowest BCUT2D eigenvalue weighted by molar-refractivity contribution is -0.114. The number of carbonyl (C=O) groups excluding carboxylic acids is 1. The van der Waals surface area contributed by atoms with Crippen LogP contribution in [-0.2, 0) is 9.22 Å². The fourth-order valence-electron chi connectivity index (χ4n) is 2.31. The molecule has 0 N–H and O–H groups in total. The summed E-state index contributed by atoms with van der Waals surface area (Å²) in [5.41, 5.74) is 1.06. The van der Waals surface area contributed by atoms with Gasteiger partial charge in [-0.3, -0.25) is 4.79 Å². The number of hydrogen-bond acceptors (Lipinski definition) is 2. The fraction of sp³-hybridized carbons (Fsp3) is 0.833. The van der Waals surface area contributed by atoms with Gasteiger partial charge in [0, 0.05) is 13.0 Å². The molecule has 1 saturated carbocycles. The Balaban J connectivity index is 2.61. The lowest BCUT2D eigenvalue weighted by Gasteiger charge is -2.37. The van der Waals surface area contributed by atoms with Crippen molar-refractivity contribution in [3.05, 3.63) is 11.6 Å². The zero-order valence-corrected chi connectivity index (χ0v) is 16.1. The topological polar surface area (TPSA) is 26.3 Å². The molecular weight excluding hydrogens is 276 g/mol. The summed E-state index contributed by atoms with van der Waals surface area (Å²) in [6.07, 6.45) is 5.94. The predicted molar refractivity (Wildman–Crippen MR) is 93.0 cm³/mol. The molecule has 0 radical (unpaired) electrons. The number of allylic oxidation sites excluding steroid dienone is 2. The largest absolute Gasteiger partial charge is 0.417 e. The van der Waals surface area contributed by atoms with Gasteiger partial charge in [0.1, 0.15) is 0 Å². The predicted octanol–water partition coefficient (Wildman–Crippen LogP) is 5.35. The van der Waals surface area contributed by atoms with Crippen molar-refractivity contribution in [2.24, 2.45) is 11.8 Å². The summed E-state index contributed by atoms with van der Waals surface area (Å²) in [6, 6.07) is 0. The van der Waals surface area contributed by atoms with E-state index < -0.39 is 8.32 Å². The van der Waals surface area contributed by atoms with E-state index in [9.17, 15) is 4.79 Å². The van der Waals surface area contributed by atoms with Crippen LogP contribution < -0.4 is 0 Å². The van der Waals surface area contributed by atoms with Crippen molar-refractivity contribution in [2.75, 3.05) is 6.61 Å². The van der Waals surface area contributed by atoms with Gasteiger partial charge in [-0.15, -0.1) is 0 Å². The van der Waals surface area contributed by atoms with Gasteiger partial charge in [0.15, 0.2) is 14.1 Å². The first-order chi connectivity index (χ1) is 9.54. The van der Waals surface area contributed by atoms with Crippen molar-refractivity contribution in [3.63, 3.8) is 0 Å². The van der Waals surface area contributed by atoms with E-state index in [0.717, 1.165) is 37.9 Å². The number of carbonyl (C=O) groups is 1. The Morgan fingerprint density at radius 1 is 1.24 bits per heavy atom. The van der Waals surface area contributed by atoms with Gasteiger partial charge in [-0.2, -0.15) is 0 Å². The maximum Gasteiger partial charge on any atom is 0.191 e. The van der Waals surface area contributed by atoms with Gasteiger partial charge < -0.3 is 4.43 Å². The Labute approximate surface area is 132 Å². The molecule has 1 unspecified atom stereocenters. The van der Waals surface area contributed by atoms with Gasteiger partial charge in [0.25, 0.3) is 0 Å². The van der Waals surface area contributed by atoms with Gasteiger partial charge in [0.05, 0.1) is 0 Å². The highest BCUT2D eigenvalue weighted by Crippen LogP contribution is 2.37. The highest BCUT2D eigenvalue weighted by atomic mass is 28.4. The van der Waals surface area contributed by atoms with Crippen LogP contribution in [0.1, 0.15) is 60.3 Å². The minimum absolute atomic E-state index is 0.258. The summed E-state index contributed by atoms with van der Waals surface area (Å²) in [7, 11) is -1.68. The molecule has 1 atom stereocenters. The molecule has 21 heavy (non-hydrogen) atoms. The Bertz CT molecular complexity index is 389. The number of hydrogen-bond donors (Lipinski definition) is 0. The third-order valence-corrected chi connectivity index (χ3v) is 9.78. The first-order valence-corrected chi connectivity index (χ1v) is 11.3. The Morgan fingerprint density at radius 2 is 1.86 bits per heavy atom. The van der Waals surface area contributed by atoms with E-state index in [0.29, 0.717) is 17.6 Å². The van der Waals surface area contributed by atoms with E-state index in [-0.39, 0.29) is 5.04 Å². The van der Waals surface area contributed by atoms with Crippen molar-refractivity contribution < 1.29 is 9.22 Å². The molecule has 0 aliphatic heterocycles. The van der Waals surface area contributed by atoms with Crippen LogP contribution in [0.15, 0.2) is 11.6 Å². The van der Waals surface area contributed by atoms with Gasteiger partial charge in [-0.1, -0.05) is 40.7 Å². The normalized spacial score (nSPS) is 20.6. The van der Waals surface area contributed by atoms with Crippen LogP contribution in [0.3, 0.4) is 0 Å².